The number of rotatable bonds is 0. The van der Waals surface area contributed by atoms with E-state index in [2.05, 4.69) is 0 Å². The lowest BCUT2D eigenvalue weighted by atomic mass is 9.96. The van der Waals surface area contributed by atoms with Crippen LogP contribution < -0.4 is 0 Å². The molecular weight excluding hydrogens is 328 g/mol. The lowest BCUT2D eigenvalue weighted by Gasteiger charge is -2.65. The highest BCUT2D eigenvalue weighted by Crippen LogP contribution is 2.98. The van der Waals surface area contributed by atoms with Crippen LogP contribution in [0.2, 0.25) is 0 Å². The quantitative estimate of drug-likeness (QED) is 0.725. The van der Waals surface area contributed by atoms with Gasteiger partial charge in [0.25, 0.3) is 0 Å². The fourth-order valence-corrected chi connectivity index (χ4v) is 6.71. The predicted octanol–water partition coefficient (Wildman–Crippen LogP) is 1.29. The second-order valence-corrected chi connectivity index (χ2v) is 9.56. The molecule has 3 aliphatic heterocycles. The average molecular weight is 340 g/mol. The van der Waals surface area contributed by atoms with Gasteiger partial charge < -0.3 is 17.7 Å². The zero-order chi connectivity index (χ0) is 16.6. The third kappa shape index (κ3) is 1.51. The molecule has 23 heavy (non-hydrogen) atoms. The van der Waals surface area contributed by atoms with E-state index in [9.17, 15) is 24.0 Å². The van der Waals surface area contributed by atoms with Crippen molar-refractivity contribution in [1.29, 1.82) is 0 Å². The standard InChI is InChI=1S/C14H12O8S/c15-11-7-14(18)8-12(16)21-23(19,20-11,22-13(14)17)6-5-9-3-1-2-4-10(9)23/h1-6,18-19H,7-8H2. The van der Waals surface area contributed by atoms with Crippen LogP contribution in [0.4, 0.5) is 0 Å². The van der Waals surface area contributed by atoms with Crippen molar-refractivity contribution < 1.29 is 36.6 Å². The first-order valence-corrected chi connectivity index (χ1v) is 8.93. The van der Waals surface area contributed by atoms with E-state index in [4.69, 9.17) is 12.5 Å². The second kappa shape index (κ2) is 3.42. The highest BCUT2D eigenvalue weighted by Gasteiger charge is 2.75. The molecule has 1 aromatic carbocycles. The van der Waals surface area contributed by atoms with Gasteiger partial charge in [-0.2, -0.15) is 0 Å². The summed E-state index contributed by atoms with van der Waals surface area (Å²) in [7, 11) is -6.09. The minimum atomic E-state index is -6.09. The van der Waals surface area contributed by atoms with Gasteiger partial charge in [0, 0.05) is 0 Å². The van der Waals surface area contributed by atoms with Gasteiger partial charge in [-0.25, -0.2) is 4.79 Å². The molecule has 3 aliphatic rings. The van der Waals surface area contributed by atoms with Gasteiger partial charge in [-0.3, -0.25) is 14.1 Å². The van der Waals surface area contributed by atoms with E-state index in [1.807, 2.05) is 0 Å². The molecule has 2 fully saturated rings. The summed E-state index contributed by atoms with van der Waals surface area (Å²) >= 11 is 0. The van der Waals surface area contributed by atoms with Gasteiger partial charge >= 0.3 is 17.9 Å². The lowest BCUT2D eigenvalue weighted by molar-refractivity contribution is -0.161. The first-order chi connectivity index (χ1) is 10.6. The summed E-state index contributed by atoms with van der Waals surface area (Å²) < 4.78 is 27.0. The van der Waals surface area contributed by atoms with Crippen LogP contribution in [0.1, 0.15) is 18.4 Å². The van der Waals surface area contributed by atoms with E-state index < -0.39 is 45.8 Å². The average Bonchev–Trinajstić information content (AvgIpc) is 2.61. The minimum Gasteiger partial charge on any atom is -0.377 e. The number of carbonyl (C=O) groups excluding carboxylic acids is 3. The van der Waals surface area contributed by atoms with Crippen LogP contribution in [0.25, 0.3) is 6.08 Å². The molecule has 2 saturated heterocycles. The Hall–Kier alpha value is -2.36. The summed E-state index contributed by atoms with van der Waals surface area (Å²) in [5.41, 5.74) is -2.08. The Balaban J connectivity index is 2.14. The summed E-state index contributed by atoms with van der Waals surface area (Å²) in [5, 5.41) is 11.2. The Morgan fingerprint density at radius 2 is 1.61 bits per heavy atom. The maximum absolute atomic E-state index is 12.4. The molecule has 1 aromatic rings. The third-order valence-corrected chi connectivity index (χ3v) is 7.84. The molecule has 2 N–H and O–H groups in total. The van der Waals surface area contributed by atoms with Crippen LogP contribution >= 0.6 is 9.42 Å². The molecule has 4 rings (SSSR count). The maximum Gasteiger partial charge on any atom is 0.355 e. The Kier molecular flexibility index (Phi) is 2.12. The predicted molar refractivity (Wildman–Crippen MR) is 76.4 cm³/mol. The van der Waals surface area contributed by atoms with Gasteiger partial charge in [0.2, 0.25) is 0 Å². The van der Waals surface area contributed by atoms with Gasteiger partial charge in [0.05, 0.1) is 18.2 Å². The van der Waals surface area contributed by atoms with E-state index in [1.54, 1.807) is 12.1 Å². The first-order valence-electron chi connectivity index (χ1n) is 6.68. The van der Waals surface area contributed by atoms with Crippen molar-refractivity contribution in [2.24, 2.45) is 0 Å². The van der Waals surface area contributed by atoms with Gasteiger partial charge in [-0.05, 0) is 17.7 Å². The Morgan fingerprint density at radius 1 is 1.00 bits per heavy atom. The summed E-state index contributed by atoms with van der Waals surface area (Å²) in [6.45, 7) is 0. The van der Waals surface area contributed by atoms with Crippen molar-refractivity contribution in [1.82, 2.24) is 0 Å². The third-order valence-electron chi connectivity index (χ3n) is 4.06. The van der Waals surface area contributed by atoms with Crippen LogP contribution in [-0.4, -0.2) is 33.2 Å². The fourth-order valence-electron chi connectivity index (χ4n) is 3.03. The van der Waals surface area contributed by atoms with E-state index in [1.165, 1.54) is 18.2 Å². The highest BCUT2D eigenvalue weighted by atomic mass is 32.4. The molecule has 122 valence electrons. The van der Waals surface area contributed by atoms with Gasteiger partial charge in [-0.1, -0.05) is 18.2 Å². The van der Waals surface area contributed by atoms with Crippen molar-refractivity contribution in [2.75, 3.05) is 0 Å². The van der Waals surface area contributed by atoms with Crippen LogP contribution in [-0.2, 0) is 26.9 Å². The van der Waals surface area contributed by atoms with Crippen LogP contribution in [0, 0.1) is 0 Å². The fraction of sp³-hybridized carbons (Fsp3) is 0.214. The van der Waals surface area contributed by atoms with Crippen molar-refractivity contribution in [3.63, 3.8) is 0 Å². The second-order valence-electron chi connectivity index (χ2n) is 5.79. The summed E-state index contributed by atoms with van der Waals surface area (Å²) in [4.78, 5) is 36.5. The molecule has 3 heterocycles. The van der Waals surface area contributed by atoms with Crippen molar-refractivity contribution in [3.8, 4) is 0 Å². The van der Waals surface area contributed by atoms with E-state index in [-0.39, 0.29) is 4.90 Å². The molecule has 0 amide bonds. The first kappa shape index (κ1) is 14.2. The normalized spacial score (nSPS) is 34.6. The van der Waals surface area contributed by atoms with Crippen LogP contribution in [0.5, 0.6) is 0 Å². The van der Waals surface area contributed by atoms with Crippen LogP contribution in [0.15, 0.2) is 34.6 Å². The number of hydrogen-bond donors (Lipinski definition) is 2. The van der Waals surface area contributed by atoms with E-state index in [0.29, 0.717) is 5.56 Å². The molecule has 0 unspecified atom stereocenters. The van der Waals surface area contributed by atoms with Gasteiger partial charge in [0.15, 0.2) is 15.0 Å². The molecule has 0 aromatic heterocycles. The topological polar surface area (TPSA) is 119 Å². The number of hydrogen-bond acceptors (Lipinski definition) is 8. The van der Waals surface area contributed by atoms with Gasteiger partial charge in [0.1, 0.15) is 4.90 Å². The molecule has 0 saturated carbocycles. The molecule has 2 bridgehead atoms. The van der Waals surface area contributed by atoms with E-state index in [0.717, 1.165) is 5.41 Å². The summed E-state index contributed by atoms with van der Waals surface area (Å²) in [6, 6.07) is 6.04. The Labute approximate surface area is 129 Å². The maximum atomic E-state index is 12.4. The largest absolute Gasteiger partial charge is 0.377 e. The molecule has 0 aliphatic carbocycles. The van der Waals surface area contributed by atoms with Gasteiger partial charge in [-0.15, -0.1) is 0 Å². The summed E-state index contributed by atoms with van der Waals surface area (Å²) in [5.74, 6) is -3.58. The monoisotopic (exact) mass is 340 g/mol. The number of carbonyl (C=O) groups is 3. The molecule has 9 heteroatoms. The Bertz CT molecular complexity index is 836. The smallest absolute Gasteiger partial charge is 0.355 e. The zero-order valence-corrected chi connectivity index (χ0v) is 12.4. The molecule has 0 radical (unpaired) electrons. The number of fused-ring (bicyclic) bond motifs is 3. The zero-order valence-electron chi connectivity index (χ0n) is 11.6. The van der Waals surface area contributed by atoms with Crippen molar-refractivity contribution >= 4 is 33.4 Å². The van der Waals surface area contributed by atoms with Crippen molar-refractivity contribution in [3.05, 3.63) is 35.2 Å². The van der Waals surface area contributed by atoms with Crippen molar-refractivity contribution in [2.45, 2.75) is 23.3 Å². The Morgan fingerprint density at radius 3 is 2.26 bits per heavy atom. The summed E-state index contributed by atoms with van der Waals surface area (Å²) in [6.07, 6.45) is -0.310. The van der Waals surface area contributed by atoms with E-state index >= 15 is 0 Å². The highest BCUT2D eigenvalue weighted by molar-refractivity contribution is 8.53. The number of aliphatic hydroxyl groups is 1. The minimum absolute atomic E-state index is 0.145. The SMILES string of the molecule is O=C1CC2(O)CC(=O)OS3(O)(C=Cc4ccccc43)(O1)OC2=O. The molecular formula is C14H12O8S. The van der Waals surface area contributed by atoms with Crippen LogP contribution in [0.3, 0.4) is 0 Å². The molecule has 8 nitrogen and oxygen atoms in total. The molecule has 1 spiro atoms. The molecule has 0 atom stereocenters. The number of benzene rings is 1. The lowest BCUT2D eigenvalue weighted by Crippen LogP contribution is -2.42.